The summed E-state index contributed by atoms with van der Waals surface area (Å²) >= 11 is 5.49. The van der Waals surface area contributed by atoms with E-state index in [4.69, 9.17) is 0 Å². The fourth-order valence-electron chi connectivity index (χ4n) is 1.56. The van der Waals surface area contributed by atoms with E-state index < -0.39 is 0 Å². The van der Waals surface area contributed by atoms with Crippen LogP contribution in [0.2, 0.25) is 0 Å². The third kappa shape index (κ3) is 6.23. The van der Waals surface area contributed by atoms with Crippen LogP contribution in [-0.2, 0) is 6.54 Å². The number of hydrogen-bond acceptors (Lipinski definition) is 3. The average molecular weight is 331 g/mol. The number of rotatable bonds is 8. The van der Waals surface area contributed by atoms with Crippen molar-refractivity contribution in [3.05, 3.63) is 28.2 Å². The Morgan fingerprint density at radius 3 is 2.78 bits per heavy atom. The van der Waals surface area contributed by atoms with Gasteiger partial charge in [0.2, 0.25) is 0 Å². The minimum Gasteiger partial charge on any atom is -0.313 e. The highest BCUT2D eigenvalue weighted by molar-refractivity contribution is 9.10. The molecule has 0 aliphatic rings. The molecule has 0 amide bonds. The molecule has 0 aliphatic carbocycles. The van der Waals surface area contributed by atoms with Crippen molar-refractivity contribution in [1.82, 2.24) is 10.2 Å². The quantitative estimate of drug-likeness (QED) is 0.579. The highest BCUT2D eigenvalue weighted by Gasteiger charge is 2.04. The molecule has 0 aromatic heterocycles. The number of benzene rings is 1. The van der Waals surface area contributed by atoms with Gasteiger partial charge in [0.1, 0.15) is 0 Å². The topological polar surface area (TPSA) is 15.3 Å². The summed E-state index contributed by atoms with van der Waals surface area (Å²) < 4.78 is 1.16. The third-order valence-corrected chi connectivity index (χ3v) is 4.15. The van der Waals surface area contributed by atoms with Gasteiger partial charge in [0.25, 0.3) is 0 Å². The van der Waals surface area contributed by atoms with Crippen LogP contribution < -0.4 is 5.32 Å². The Labute approximate surface area is 124 Å². The number of thioether (sulfide) groups is 1. The third-order valence-electron chi connectivity index (χ3n) is 2.56. The van der Waals surface area contributed by atoms with Crippen molar-refractivity contribution in [3.63, 3.8) is 0 Å². The molecular formula is C14H23BrN2S. The summed E-state index contributed by atoms with van der Waals surface area (Å²) in [6.07, 6.45) is 1.18. The molecule has 0 atom stereocenters. The predicted molar refractivity (Wildman–Crippen MR) is 85.4 cm³/mol. The summed E-state index contributed by atoms with van der Waals surface area (Å²) in [5.41, 5.74) is 1.39. The van der Waals surface area contributed by atoms with Crippen molar-refractivity contribution in [3.8, 4) is 0 Å². The van der Waals surface area contributed by atoms with Crippen LogP contribution in [0, 0.1) is 0 Å². The smallest absolute Gasteiger partial charge is 0.0217 e. The van der Waals surface area contributed by atoms with E-state index in [9.17, 15) is 0 Å². The maximum Gasteiger partial charge on any atom is 0.0217 e. The predicted octanol–water partition coefficient (Wildman–Crippen LogP) is 3.60. The molecule has 4 heteroatoms. The van der Waals surface area contributed by atoms with Crippen molar-refractivity contribution < 1.29 is 0 Å². The molecule has 18 heavy (non-hydrogen) atoms. The molecule has 0 unspecified atom stereocenters. The summed E-state index contributed by atoms with van der Waals surface area (Å²) in [7, 11) is 4.23. The van der Waals surface area contributed by atoms with Crippen molar-refractivity contribution in [2.24, 2.45) is 0 Å². The van der Waals surface area contributed by atoms with Crippen LogP contribution in [-0.4, -0.2) is 37.8 Å². The highest BCUT2D eigenvalue weighted by Crippen LogP contribution is 2.26. The van der Waals surface area contributed by atoms with Gasteiger partial charge >= 0.3 is 0 Å². The van der Waals surface area contributed by atoms with Gasteiger partial charge in [0, 0.05) is 28.2 Å². The van der Waals surface area contributed by atoms with E-state index in [0.717, 1.165) is 29.9 Å². The first-order chi connectivity index (χ1) is 8.63. The van der Waals surface area contributed by atoms with E-state index in [-0.39, 0.29) is 0 Å². The Hall–Kier alpha value is -0.0300. The average Bonchev–Trinajstić information content (AvgIpc) is 2.32. The summed E-state index contributed by atoms with van der Waals surface area (Å²) in [6.45, 7) is 5.34. The monoisotopic (exact) mass is 330 g/mol. The lowest BCUT2D eigenvalue weighted by Crippen LogP contribution is -2.16. The Morgan fingerprint density at radius 1 is 1.33 bits per heavy atom. The lowest BCUT2D eigenvalue weighted by atomic mass is 10.2. The fourth-order valence-corrected chi connectivity index (χ4v) is 3.13. The van der Waals surface area contributed by atoms with Crippen LogP contribution in [0.1, 0.15) is 18.9 Å². The molecule has 0 fully saturated rings. The van der Waals surface area contributed by atoms with Gasteiger partial charge in [-0.15, -0.1) is 11.8 Å². The van der Waals surface area contributed by atoms with Gasteiger partial charge in [-0.2, -0.15) is 0 Å². The second-order valence-corrected chi connectivity index (χ2v) is 6.63. The Bertz CT molecular complexity index is 356. The SMILES string of the molecule is CCCNCc1cc(Br)ccc1SCCN(C)C. The zero-order valence-corrected chi connectivity index (χ0v) is 13.9. The lowest BCUT2D eigenvalue weighted by Gasteiger charge is -2.13. The molecule has 0 bridgehead atoms. The molecule has 1 rings (SSSR count). The maximum atomic E-state index is 3.55. The molecule has 102 valence electrons. The van der Waals surface area contributed by atoms with Crippen molar-refractivity contribution >= 4 is 27.7 Å². The second-order valence-electron chi connectivity index (χ2n) is 4.58. The van der Waals surface area contributed by atoms with Gasteiger partial charge in [0.05, 0.1) is 0 Å². The van der Waals surface area contributed by atoms with Gasteiger partial charge < -0.3 is 10.2 Å². The van der Waals surface area contributed by atoms with E-state index in [0.29, 0.717) is 0 Å². The molecule has 0 radical (unpaired) electrons. The molecular weight excluding hydrogens is 308 g/mol. The molecule has 0 saturated heterocycles. The van der Waals surface area contributed by atoms with Crippen LogP contribution in [0.3, 0.4) is 0 Å². The van der Waals surface area contributed by atoms with Gasteiger partial charge in [-0.25, -0.2) is 0 Å². The first-order valence-corrected chi connectivity index (χ1v) is 8.18. The first kappa shape index (κ1) is 16.0. The number of nitrogens with one attached hydrogen (secondary N) is 1. The van der Waals surface area contributed by atoms with Crippen molar-refractivity contribution in [2.75, 3.05) is 32.9 Å². The zero-order chi connectivity index (χ0) is 13.4. The van der Waals surface area contributed by atoms with Crippen LogP contribution >= 0.6 is 27.7 Å². The summed E-state index contributed by atoms with van der Waals surface area (Å²) in [5, 5.41) is 3.47. The molecule has 1 aromatic rings. The molecule has 0 heterocycles. The maximum absolute atomic E-state index is 3.55. The number of hydrogen-bond donors (Lipinski definition) is 1. The second kappa shape index (κ2) is 8.97. The van der Waals surface area contributed by atoms with Crippen LogP contribution in [0.4, 0.5) is 0 Å². The van der Waals surface area contributed by atoms with Crippen molar-refractivity contribution in [1.29, 1.82) is 0 Å². The minimum absolute atomic E-state index is 0.956. The summed E-state index contributed by atoms with van der Waals surface area (Å²) in [6, 6.07) is 6.56. The standard InChI is InChI=1S/C14H23BrN2S/c1-4-7-16-11-12-10-13(15)5-6-14(12)18-9-8-17(2)3/h5-6,10,16H,4,7-9,11H2,1-3H3. The molecule has 2 nitrogen and oxygen atoms in total. The molecule has 0 spiro atoms. The Balaban J connectivity index is 2.58. The first-order valence-electron chi connectivity index (χ1n) is 6.40. The normalized spacial score (nSPS) is 11.2. The van der Waals surface area contributed by atoms with Crippen LogP contribution in [0.25, 0.3) is 0 Å². The summed E-state index contributed by atoms with van der Waals surface area (Å²) in [5.74, 6) is 1.13. The van der Waals surface area contributed by atoms with Gasteiger partial charge in [0.15, 0.2) is 0 Å². The number of nitrogens with zero attached hydrogens (tertiary/aromatic N) is 1. The Kier molecular flexibility index (Phi) is 7.98. The summed E-state index contributed by atoms with van der Waals surface area (Å²) in [4.78, 5) is 3.62. The van der Waals surface area contributed by atoms with Crippen molar-refractivity contribution in [2.45, 2.75) is 24.8 Å². The van der Waals surface area contributed by atoms with E-state index in [1.807, 2.05) is 11.8 Å². The Morgan fingerprint density at radius 2 is 2.11 bits per heavy atom. The fraction of sp³-hybridized carbons (Fsp3) is 0.571. The molecule has 0 saturated carbocycles. The minimum atomic E-state index is 0.956. The van der Waals surface area contributed by atoms with Gasteiger partial charge in [-0.3, -0.25) is 0 Å². The largest absolute Gasteiger partial charge is 0.313 e. The van der Waals surface area contributed by atoms with E-state index >= 15 is 0 Å². The number of halogens is 1. The van der Waals surface area contributed by atoms with E-state index in [1.165, 1.54) is 16.9 Å². The molecule has 0 aliphatic heterocycles. The highest BCUT2D eigenvalue weighted by atomic mass is 79.9. The van der Waals surface area contributed by atoms with Crippen LogP contribution in [0.5, 0.6) is 0 Å². The lowest BCUT2D eigenvalue weighted by molar-refractivity contribution is 0.437. The van der Waals surface area contributed by atoms with Gasteiger partial charge in [-0.05, 0) is 50.8 Å². The molecule has 1 aromatic carbocycles. The van der Waals surface area contributed by atoms with Crippen LogP contribution in [0.15, 0.2) is 27.6 Å². The molecule has 1 N–H and O–H groups in total. The zero-order valence-electron chi connectivity index (χ0n) is 11.5. The van der Waals surface area contributed by atoms with E-state index in [2.05, 4.69) is 65.4 Å². The van der Waals surface area contributed by atoms with Gasteiger partial charge in [-0.1, -0.05) is 22.9 Å². The van der Waals surface area contributed by atoms with E-state index in [1.54, 1.807) is 0 Å².